The first kappa shape index (κ1) is 15.5. The van der Waals surface area contributed by atoms with Crippen molar-refractivity contribution in [3.63, 3.8) is 0 Å². The molecular formula is C19H23N3O. The molecule has 0 saturated carbocycles. The molecule has 0 aliphatic carbocycles. The maximum absolute atomic E-state index is 12.3. The third-order valence-corrected chi connectivity index (χ3v) is 4.56. The van der Waals surface area contributed by atoms with E-state index in [0.717, 1.165) is 29.9 Å². The van der Waals surface area contributed by atoms with Crippen molar-refractivity contribution in [1.82, 2.24) is 9.78 Å². The molecule has 0 radical (unpaired) electrons. The van der Waals surface area contributed by atoms with E-state index in [-0.39, 0.29) is 5.78 Å². The van der Waals surface area contributed by atoms with Gasteiger partial charge in [-0.3, -0.25) is 9.48 Å². The van der Waals surface area contributed by atoms with Crippen LogP contribution in [0.2, 0.25) is 0 Å². The minimum Gasteiger partial charge on any atom is -0.372 e. The predicted octanol–water partition coefficient (Wildman–Crippen LogP) is 3.61. The Balaban J connectivity index is 1.69. The molecule has 4 heteroatoms. The molecule has 1 saturated heterocycles. The van der Waals surface area contributed by atoms with E-state index < -0.39 is 0 Å². The smallest absolute Gasteiger partial charge is 0.185 e. The Kier molecular flexibility index (Phi) is 4.60. The average Bonchev–Trinajstić information content (AvgIpc) is 2.92. The molecule has 1 aliphatic rings. The van der Waals surface area contributed by atoms with E-state index in [4.69, 9.17) is 0 Å². The predicted molar refractivity (Wildman–Crippen MR) is 93.8 cm³/mol. The van der Waals surface area contributed by atoms with Crippen LogP contribution in [0.4, 0.5) is 5.69 Å². The minimum absolute atomic E-state index is 0.0263. The van der Waals surface area contributed by atoms with Crippen molar-refractivity contribution in [2.45, 2.75) is 26.2 Å². The highest BCUT2D eigenvalue weighted by Crippen LogP contribution is 2.20. The normalized spacial score (nSPS) is 15.3. The molecule has 0 unspecified atom stereocenters. The molecule has 1 fully saturated rings. The first-order valence-electron chi connectivity index (χ1n) is 8.21. The standard InChI is InChI=1S/C19H23N3O/c1-15-17(14-20-21(15)2)8-11-19(23)16-6-9-18(10-7-16)22-12-4-3-5-13-22/h6-11,14H,3-5,12-13H2,1-2H3/b11-8+. The van der Waals surface area contributed by atoms with E-state index in [2.05, 4.69) is 22.1 Å². The zero-order valence-electron chi connectivity index (χ0n) is 13.8. The monoisotopic (exact) mass is 309 g/mol. The van der Waals surface area contributed by atoms with Crippen molar-refractivity contribution in [3.05, 3.63) is 53.4 Å². The SMILES string of the molecule is Cc1c(/C=C/C(=O)c2ccc(N3CCCCC3)cc2)cnn1C. The van der Waals surface area contributed by atoms with Crippen molar-refractivity contribution >= 4 is 17.5 Å². The number of hydrogen-bond acceptors (Lipinski definition) is 3. The van der Waals surface area contributed by atoms with Crippen LogP contribution in [0.3, 0.4) is 0 Å². The van der Waals surface area contributed by atoms with E-state index in [1.54, 1.807) is 17.0 Å². The highest BCUT2D eigenvalue weighted by Gasteiger charge is 2.11. The van der Waals surface area contributed by atoms with Crippen molar-refractivity contribution < 1.29 is 4.79 Å². The van der Waals surface area contributed by atoms with Gasteiger partial charge >= 0.3 is 0 Å². The fraction of sp³-hybridized carbons (Fsp3) is 0.368. The summed E-state index contributed by atoms with van der Waals surface area (Å²) in [5, 5.41) is 4.18. The van der Waals surface area contributed by atoms with Gasteiger partial charge in [-0.1, -0.05) is 0 Å². The van der Waals surface area contributed by atoms with Gasteiger partial charge in [-0.2, -0.15) is 5.10 Å². The van der Waals surface area contributed by atoms with Gasteiger partial charge in [0.1, 0.15) is 0 Å². The summed E-state index contributed by atoms with van der Waals surface area (Å²) >= 11 is 0. The lowest BCUT2D eigenvalue weighted by Gasteiger charge is -2.28. The number of nitrogens with zero attached hydrogens (tertiary/aromatic N) is 3. The van der Waals surface area contributed by atoms with Gasteiger partial charge in [-0.15, -0.1) is 0 Å². The van der Waals surface area contributed by atoms with Crippen LogP contribution in [0, 0.1) is 6.92 Å². The Morgan fingerprint density at radius 3 is 2.43 bits per heavy atom. The molecule has 2 aromatic rings. The largest absolute Gasteiger partial charge is 0.372 e. The first-order valence-corrected chi connectivity index (χ1v) is 8.21. The number of carbonyl (C=O) groups excluding carboxylic acids is 1. The lowest BCUT2D eigenvalue weighted by Crippen LogP contribution is -2.29. The maximum Gasteiger partial charge on any atom is 0.185 e. The summed E-state index contributed by atoms with van der Waals surface area (Å²) in [6.07, 6.45) is 9.08. The van der Waals surface area contributed by atoms with Crippen LogP contribution in [0.5, 0.6) is 0 Å². The van der Waals surface area contributed by atoms with Gasteiger partial charge in [0.25, 0.3) is 0 Å². The molecular weight excluding hydrogens is 286 g/mol. The first-order chi connectivity index (χ1) is 11.1. The number of hydrogen-bond donors (Lipinski definition) is 0. The van der Waals surface area contributed by atoms with E-state index in [1.165, 1.54) is 24.9 Å². The molecule has 0 N–H and O–H groups in total. The Labute approximate surface area is 137 Å². The fourth-order valence-corrected chi connectivity index (χ4v) is 2.93. The highest BCUT2D eigenvalue weighted by atomic mass is 16.1. The Morgan fingerprint density at radius 1 is 1.13 bits per heavy atom. The lowest BCUT2D eigenvalue weighted by molar-refractivity contribution is 0.104. The van der Waals surface area contributed by atoms with Crippen molar-refractivity contribution in [1.29, 1.82) is 0 Å². The molecule has 0 bridgehead atoms. The second kappa shape index (κ2) is 6.82. The number of rotatable bonds is 4. The summed E-state index contributed by atoms with van der Waals surface area (Å²) in [6.45, 7) is 4.23. The van der Waals surface area contributed by atoms with Crippen LogP contribution in [0.15, 0.2) is 36.5 Å². The molecule has 1 aromatic carbocycles. The third kappa shape index (κ3) is 3.52. The molecule has 1 aliphatic heterocycles. The fourth-order valence-electron chi connectivity index (χ4n) is 2.93. The van der Waals surface area contributed by atoms with Crippen LogP contribution in [0.25, 0.3) is 6.08 Å². The van der Waals surface area contributed by atoms with Crippen LogP contribution < -0.4 is 4.90 Å². The molecule has 2 heterocycles. The number of aromatic nitrogens is 2. The molecule has 4 nitrogen and oxygen atoms in total. The van der Waals surface area contributed by atoms with Crippen molar-refractivity contribution in [3.8, 4) is 0 Å². The van der Waals surface area contributed by atoms with Gasteiger partial charge in [0.15, 0.2) is 5.78 Å². The summed E-state index contributed by atoms with van der Waals surface area (Å²) in [6, 6.07) is 7.96. The van der Waals surface area contributed by atoms with Gasteiger partial charge in [-0.05, 0) is 62.6 Å². The molecule has 1 aromatic heterocycles. The lowest BCUT2D eigenvalue weighted by atomic mass is 10.1. The number of ketones is 1. The van der Waals surface area contributed by atoms with Gasteiger partial charge in [0.05, 0.1) is 6.20 Å². The number of carbonyl (C=O) groups is 1. The van der Waals surface area contributed by atoms with Crippen LogP contribution in [0.1, 0.15) is 40.9 Å². The quantitative estimate of drug-likeness (QED) is 0.639. The maximum atomic E-state index is 12.3. The summed E-state index contributed by atoms with van der Waals surface area (Å²) in [5.41, 5.74) is 3.97. The van der Waals surface area contributed by atoms with Crippen LogP contribution in [-0.4, -0.2) is 28.7 Å². The summed E-state index contributed by atoms with van der Waals surface area (Å²) in [4.78, 5) is 14.7. The van der Waals surface area contributed by atoms with Crippen LogP contribution in [-0.2, 0) is 7.05 Å². The second-order valence-corrected chi connectivity index (χ2v) is 6.10. The van der Waals surface area contributed by atoms with E-state index in [1.807, 2.05) is 32.2 Å². The molecule has 0 amide bonds. The number of piperidine rings is 1. The number of benzene rings is 1. The average molecular weight is 309 g/mol. The van der Waals surface area contributed by atoms with E-state index >= 15 is 0 Å². The number of anilines is 1. The molecule has 0 atom stereocenters. The third-order valence-electron chi connectivity index (χ3n) is 4.56. The summed E-state index contributed by atoms with van der Waals surface area (Å²) < 4.78 is 1.80. The topological polar surface area (TPSA) is 38.1 Å². The van der Waals surface area contributed by atoms with Crippen LogP contribution >= 0.6 is 0 Å². The van der Waals surface area contributed by atoms with Gasteiger partial charge in [0.2, 0.25) is 0 Å². The van der Waals surface area contributed by atoms with Gasteiger partial charge in [0, 0.05) is 42.6 Å². The number of aryl methyl sites for hydroxylation is 1. The summed E-state index contributed by atoms with van der Waals surface area (Å²) in [5.74, 6) is 0.0263. The van der Waals surface area contributed by atoms with Crippen molar-refractivity contribution in [2.75, 3.05) is 18.0 Å². The van der Waals surface area contributed by atoms with Gasteiger partial charge < -0.3 is 4.90 Å². The highest BCUT2D eigenvalue weighted by molar-refractivity contribution is 6.07. The van der Waals surface area contributed by atoms with E-state index in [0.29, 0.717) is 0 Å². The Morgan fingerprint density at radius 2 is 1.83 bits per heavy atom. The minimum atomic E-state index is 0.0263. The molecule has 0 spiro atoms. The summed E-state index contributed by atoms with van der Waals surface area (Å²) in [7, 11) is 1.90. The Bertz CT molecular complexity index is 707. The molecule has 23 heavy (non-hydrogen) atoms. The second-order valence-electron chi connectivity index (χ2n) is 6.10. The zero-order chi connectivity index (χ0) is 16.2. The van der Waals surface area contributed by atoms with E-state index in [9.17, 15) is 4.79 Å². The Hall–Kier alpha value is -2.36. The van der Waals surface area contributed by atoms with Gasteiger partial charge in [-0.25, -0.2) is 0 Å². The molecule has 3 rings (SSSR count). The number of allylic oxidation sites excluding steroid dienone is 1. The zero-order valence-corrected chi connectivity index (χ0v) is 13.8. The molecule has 120 valence electrons. The van der Waals surface area contributed by atoms with Crippen molar-refractivity contribution in [2.24, 2.45) is 7.05 Å².